The van der Waals surface area contributed by atoms with Crippen molar-refractivity contribution in [2.75, 3.05) is 4.72 Å². The Labute approximate surface area is 239 Å². The number of nitrogens with one attached hydrogen (secondary N) is 1. The lowest BCUT2D eigenvalue weighted by atomic mass is 10.0. The number of para-hydroxylation sites is 1. The molecule has 1 amide bonds. The minimum Gasteiger partial charge on any atom is -0.456 e. The summed E-state index contributed by atoms with van der Waals surface area (Å²) < 4.78 is 34.9. The van der Waals surface area contributed by atoms with Crippen molar-refractivity contribution in [2.24, 2.45) is 0 Å². The highest BCUT2D eigenvalue weighted by Crippen LogP contribution is 2.31. The number of hydrogen-bond acceptors (Lipinski definition) is 4. The molecule has 0 aromatic heterocycles. The Kier molecular flexibility index (Phi) is 8.54. The SMILES string of the molecule is CC(C)(C)N(Cc1ccccc1)C(=O)c1cc(Cl)ccc1NS(=O)(=O)c1ccc(Oc2ccccc2Cl)cc1. The van der Waals surface area contributed by atoms with Gasteiger partial charge in [0.15, 0.2) is 0 Å². The molecule has 0 saturated carbocycles. The van der Waals surface area contributed by atoms with Crippen molar-refractivity contribution in [3.63, 3.8) is 0 Å². The zero-order valence-corrected chi connectivity index (χ0v) is 24.0. The number of amides is 1. The van der Waals surface area contributed by atoms with Crippen LogP contribution in [0.3, 0.4) is 0 Å². The molecule has 1 N–H and O–H groups in total. The second kappa shape index (κ2) is 11.7. The van der Waals surface area contributed by atoms with Gasteiger partial charge in [0.1, 0.15) is 11.5 Å². The van der Waals surface area contributed by atoms with Gasteiger partial charge in [-0.1, -0.05) is 65.7 Å². The van der Waals surface area contributed by atoms with Crippen molar-refractivity contribution in [3.05, 3.63) is 118 Å². The first kappa shape index (κ1) is 28.5. The van der Waals surface area contributed by atoms with Crippen molar-refractivity contribution in [1.82, 2.24) is 4.90 Å². The van der Waals surface area contributed by atoms with Gasteiger partial charge in [-0.15, -0.1) is 0 Å². The Bertz CT molecular complexity index is 1570. The van der Waals surface area contributed by atoms with Crippen molar-refractivity contribution >= 4 is 44.8 Å². The molecule has 4 aromatic carbocycles. The first-order chi connectivity index (χ1) is 18.4. The minimum absolute atomic E-state index is 0.000629. The van der Waals surface area contributed by atoms with Crippen LogP contribution in [0, 0.1) is 0 Å². The number of benzene rings is 4. The van der Waals surface area contributed by atoms with Crippen LogP contribution < -0.4 is 9.46 Å². The van der Waals surface area contributed by atoms with E-state index in [0.29, 0.717) is 28.1 Å². The van der Waals surface area contributed by atoms with Gasteiger partial charge in [-0.3, -0.25) is 9.52 Å². The summed E-state index contributed by atoms with van der Waals surface area (Å²) in [6.07, 6.45) is 0. The van der Waals surface area contributed by atoms with E-state index < -0.39 is 15.6 Å². The molecule has 0 unspecified atom stereocenters. The van der Waals surface area contributed by atoms with Gasteiger partial charge < -0.3 is 9.64 Å². The Balaban J connectivity index is 1.61. The Hall–Kier alpha value is -3.52. The van der Waals surface area contributed by atoms with E-state index in [9.17, 15) is 13.2 Å². The topological polar surface area (TPSA) is 75.7 Å². The number of hydrogen-bond donors (Lipinski definition) is 1. The van der Waals surface area contributed by atoms with Crippen molar-refractivity contribution in [3.8, 4) is 11.5 Å². The number of ether oxygens (including phenoxy) is 1. The van der Waals surface area contributed by atoms with E-state index >= 15 is 0 Å². The van der Waals surface area contributed by atoms with Crippen LogP contribution in [0.2, 0.25) is 10.0 Å². The molecule has 9 heteroatoms. The van der Waals surface area contributed by atoms with Crippen LogP contribution in [-0.2, 0) is 16.6 Å². The first-order valence-electron chi connectivity index (χ1n) is 12.1. The first-order valence-corrected chi connectivity index (χ1v) is 14.4. The highest BCUT2D eigenvalue weighted by atomic mass is 35.5. The van der Waals surface area contributed by atoms with Gasteiger partial charge in [0, 0.05) is 17.1 Å². The largest absolute Gasteiger partial charge is 0.456 e. The average Bonchev–Trinajstić information content (AvgIpc) is 2.89. The maximum Gasteiger partial charge on any atom is 0.261 e. The molecular formula is C30H28Cl2N2O4S. The molecule has 0 atom stereocenters. The fourth-order valence-electron chi connectivity index (χ4n) is 3.85. The minimum atomic E-state index is -4.05. The molecule has 4 aromatic rings. The molecule has 0 bridgehead atoms. The van der Waals surface area contributed by atoms with E-state index in [-0.39, 0.29) is 22.1 Å². The van der Waals surface area contributed by atoms with Crippen molar-refractivity contribution in [2.45, 2.75) is 37.8 Å². The third-order valence-electron chi connectivity index (χ3n) is 5.89. The highest BCUT2D eigenvalue weighted by molar-refractivity contribution is 7.92. The van der Waals surface area contributed by atoms with Crippen LogP contribution in [-0.4, -0.2) is 24.8 Å². The lowest BCUT2D eigenvalue weighted by Gasteiger charge is -2.36. The molecule has 39 heavy (non-hydrogen) atoms. The quantitative estimate of drug-likeness (QED) is 0.228. The predicted molar refractivity (Wildman–Crippen MR) is 156 cm³/mol. The van der Waals surface area contributed by atoms with Crippen molar-refractivity contribution < 1.29 is 17.9 Å². The number of sulfonamides is 1. The number of rotatable bonds is 8. The second-order valence-corrected chi connectivity index (χ2v) is 12.4. The molecule has 0 heterocycles. The number of carbonyl (C=O) groups is 1. The van der Waals surface area contributed by atoms with Crippen LogP contribution in [0.4, 0.5) is 5.69 Å². The van der Waals surface area contributed by atoms with E-state index in [2.05, 4.69) is 4.72 Å². The summed E-state index contributed by atoms with van der Waals surface area (Å²) in [5.41, 5.74) is 0.672. The van der Waals surface area contributed by atoms with E-state index in [1.165, 1.54) is 42.5 Å². The lowest BCUT2D eigenvalue weighted by molar-refractivity contribution is 0.0560. The van der Waals surface area contributed by atoms with Gasteiger partial charge >= 0.3 is 0 Å². The second-order valence-electron chi connectivity index (χ2n) is 9.85. The average molecular weight is 584 g/mol. The van der Waals surface area contributed by atoms with Crippen molar-refractivity contribution in [1.29, 1.82) is 0 Å². The van der Waals surface area contributed by atoms with Gasteiger partial charge in [-0.25, -0.2) is 8.42 Å². The van der Waals surface area contributed by atoms with Gasteiger partial charge in [-0.05, 0) is 80.9 Å². The Morgan fingerprint density at radius 2 is 1.51 bits per heavy atom. The Morgan fingerprint density at radius 1 is 0.872 bits per heavy atom. The molecule has 0 aliphatic carbocycles. The maximum atomic E-state index is 13.8. The number of carbonyl (C=O) groups excluding carboxylic acids is 1. The normalized spacial score (nSPS) is 11.6. The molecule has 0 spiro atoms. The molecule has 0 saturated heterocycles. The molecule has 0 radical (unpaired) electrons. The maximum absolute atomic E-state index is 13.8. The molecular weight excluding hydrogens is 555 g/mol. The van der Waals surface area contributed by atoms with Crippen LogP contribution in [0.25, 0.3) is 0 Å². The fourth-order valence-corrected chi connectivity index (χ4v) is 5.28. The summed E-state index contributed by atoms with van der Waals surface area (Å²) in [7, 11) is -4.05. The van der Waals surface area contributed by atoms with E-state index in [0.717, 1.165) is 5.56 Å². The monoisotopic (exact) mass is 582 g/mol. The van der Waals surface area contributed by atoms with Gasteiger partial charge in [0.2, 0.25) is 0 Å². The van der Waals surface area contributed by atoms with E-state index in [1.807, 2.05) is 51.1 Å². The summed E-state index contributed by atoms with van der Waals surface area (Å²) >= 11 is 12.4. The van der Waals surface area contributed by atoms with Crippen LogP contribution in [0.5, 0.6) is 11.5 Å². The van der Waals surface area contributed by atoms with E-state index in [1.54, 1.807) is 29.2 Å². The number of nitrogens with zero attached hydrogens (tertiary/aromatic N) is 1. The molecule has 6 nitrogen and oxygen atoms in total. The van der Waals surface area contributed by atoms with Crippen LogP contribution >= 0.6 is 23.2 Å². The van der Waals surface area contributed by atoms with Gasteiger partial charge in [-0.2, -0.15) is 0 Å². The summed E-state index contributed by atoms with van der Waals surface area (Å²) in [6, 6.07) is 27.0. The Morgan fingerprint density at radius 3 is 2.15 bits per heavy atom. The number of anilines is 1. The molecule has 0 aliphatic rings. The predicted octanol–water partition coefficient (Wildman–Crippen LogP) is 8.03. The molecule has 4 rings (SSSR count). The standard InChI is InChI=1S/C30H28Cl2N2O4S/c1-30(2,3)34(20-21-9-5-4-6-10-21)29(35)25-19-22(31)13-18-27(25)33-39(36,37)24-16-14-23(15-17-24)38-28-12-8-7-11-26(28)32/h4-19,33H,20H2,1-3H3. The highest BCUT2D eigenvalue weighted by Gasteiger charge is 2.30. The fraction of sp³-hybridized carbons (Fsp3) is 0.167. The lowest BCUT2D eigenvalue weighted by Crippen LogP contribution is -2.45. The zero-order valence-electron chi connectivity index (χ0n) is 21.7. The summed E-state index contributed by atoms with van der Waals surface area (Å²) in [4.78, 5) is 15.5. The third-order valence-corrected chi connectivity index (χ3v) is 7.82. The van der Waals surface area contributed by atoms with Gasteiger partial charge in [0.05, 0.1) is 21.2 Å². The summed E-state index contributed by atoms with van der Waals surface area (Å²) in [5.74, 6) is 0.525. The summed E-state index contributed by atoms with van der Waals surface area (Å²) in [5, 5.41) is 0.753. The smallest absolute Gasteiger partial charge is 0.261 e. The zero-order chi connectivity index (χ0) is 28.2. The third kappa shape index (κ3) is 7.12. The van der Waals surface area contributed by atoms with E-state index in [4.69, 9.17) is 27.9 Å². The summed E-state index contributed by atoms with van der Waals surface area (Å²) in [6.45, 7) is 6.12. The number of halogens is 2. The van der Waals surface area contributed by atoms with Crippen LogP contribution in [0.1, 0.15) is 36.7 Å². The molecule has 202 valence electrons. The molecule has 0 fully saturated rings. The van der Waals surface area contributed by atoms with Gasteiger partial charge in [0.25, 0.3) is 15.9 Å². The molecule has 0 aliphatic heterocycles. The van der Waals surface area contributed by atoms with Crippen LogP contribution in [0.15, 0.2) is 102 Å².